The number of nitrogens with two attached hydrogens (primary N) is 1. The molecule has 1 unspecified atom stereocenters. The van der Waals surface area contributed by atoms with Crippen molar-refractivity contribution in [3.63, 3.8) is 0 Å². The lowest BCUT2D eigenvalue weighted by molar-refractivity contribution is 0.368. The Hall–Kier alpha value is -0.900. The normalized spacial score (nSPS) is 22.1. The van der Waals surface area contributed by atoms with Gasteiger partial charge in [0.2, 0.25) is 0 Å². The van der Waals surface area contributed by atoms with Crippen molar-refractivity contribution < 1.29 is 0 Å². The van der Waals surface area contributed by atoms with Crippen molar-refractivity contribution in [3.8, 4) is 0 Å². The number of hydrogen-bond donors (Lipinski definition) is 1. The highest BCUT2D eigenvalue weighted by atomic mass is 15.4. The van der Waals surface area contributed by atoms with Crippen LogP contribution in [0.25, 0.3) is 0 Å². The van der Waals surface area contributed by atoms with Gasteiger partial charge in [-0.2, -0.15) is 5.10 Å². The first-order chi connectivity index (χ1) is 6.48. The maximum Gasteiger partial charge on any atom is 0.156 e. The van der Waals surface area contributed by atoms with E-state index in [9.17, 15) is 0 Å². The van der Waals surface area contributed by atoms with E-state index >= 15 is 0 Å². The first-order valence-electron chi connectivity index (χ1n) is 5.20. The second-order valence-electron chi connectivity index (χ2n) is 5.01. The summed E-state index contributed by atoms with van der Waals surface area (Å²) in [5, 5.41) is 4.48. The van der Waals surface area contributed by atoms with Crippen LogP contribution in [-0.2, 0) is 11.8 Å². The highest BCUT2D eigenvalue weighted by Gasteiger charge is 2.25. The van der Waals surface area contributed by atoms with Crippen LogP contribution in [0.15, 0.2) is 0 Å². The van der Waals surface area contributed by atoms with E-state index in [1.807, 2.05) is 4.68 Å². The minimum atomic E-state index is 0.0179. The molecule has 0 spiro atoms. The second kappa shape index (κ2) is 3.05. The summed E-state index contributed by atoms with van der Waals surface area (Å²) >= 11 is 0. The third-order valence-electron chi connectivity index (χ3n) is 2.59. The lowest BCUT2D eigenvalue weighted by Gasteiger charge is -2.18. The van der Waals surface area contributed by atoms with Gasteiger partial charge in [0, 0.05) is 11.8 Å². The fraction of sp³-hybridized carbons (Fsp3) is 0.800. The van der Waals surface area contributed by atoms with Gasteiger partial charge in [0.25, 0.3) is 0 Å². The molecule has 1 aromatic heterocycles. The molecule has 1 aliphatic rings. The van der Waals surface area contributed by atoms with Crippen LogP contribution in [0.5, 0.6) is 0 Å². The van der Waals surface area contributed by atoms with Crippen molar-refractivity contribution >= 4 is 0 Å². The number of fused-ring (bicyclic) bond motifs is 1. The molecule has 0 radical (unpaired) electrons. The fourth-order valence-corrected chi connectivity index (χ4v) is 1.70. The lowest BCUT2D eigenvalue weighted by Crippen LogP contribution is -2.26. The Morgan fingerprint density at radius 1 is 1.43 bits per heavy atom. The molecule has 0 aromatic carbocycles. The fourth-order valence-electron chi connectivity index (χ4n) is 1.70. The van der Waals surface area contributed by atoms with Gasteiger partial charge in [0.05, 0.1) is 0 Å². The van der Waals surface area contributed by atoms with Crippen LogP contribution in [0.4, 0.5) is 0 Å². The number of aromatic nitrogens is 3. The highest BCUT2D eigenvalue weighted by Crippen LogP contribution is 2.24. The molecule has 1 atom stereocenters. The van der Waals surface area contributed by atoms with Crippen molar-refractivity contribution in [2.24, 2.45) is 5.73 Å². The largest absolute Gasteiger partial charge is 0.310 e. The van der Waals surface area contributed by atoms with Gasteiger partial charge in [-0.05, 0) is 12.8 Å². The standard InChI is InChI=1S/C10H18N4/c1-10(2,3)9-12-8-6-4-5-7(11)14(8)13-9/h7H,4-6,11H2,1-3H3. The summed E-state index contributed by atoms with van der Waals surface area (Å²) in [5.41, 5.74) is 5.98. The molecule has 0 saturated heterocycles. The van der Waals surface area contributed by atoms with Crippen molar-refractivity contribution in [2.45, 2.75) is 51.6 Å². The molecule has 2 rings (SSSR count). The molecular weight excluding hydrogens is 176 g/mol. The third-order valence-corrected chi connectivity index (χ3v) is 2.59. The summed E-state index contributed by atoms with van der Waals surface area (Å²) in [6.07, 6.45) is 3.18. The maximum atomic E-state index is 5.96. The van der Waals surface area contributed by atoms with E-state index in [1.165, 1.54) is 0 Å². The molecule has 0 bridgehead atoms. The number of aryl methyl sites for hydroxylation is 1. The molecule has 4 nitrogen and oxygen atoms in total. The van der Waals surface area contributed by atoms with Gasteiger partial charge in [-0.3, -0.25) is 0 Å². The summed E-state index contributed by atoms with van der Waals surface area (Å²) in [6.45, 7) is 6.37. The van der Waals surface area contributed by atoms with Gasteiger partial charge in [0.15, 0.2) is 5.82 Å². The molecule has 0 aliphatic carbocycles. The van der Waals surface area contributed by atoms with Crippen molar-refractivity contribution in [3.05, 3.63) is 11.6 Å². The van der Waals surface area contributed by atoms with Crippen LogP contribution < -0.4 is 5.73 Å². The van der Waals surface area contributed by atoms with Crippen LogP contribution >= 0.6 is 0 Å². The van der Waals surface area contributed by atoms with Gasteiger partial charge in [-0.1, -0.05) is 20.8 Å². The van der Waals surface area contributed by atoms with Crippen LogP contribution in [-0.4, -0.2) is 14.8 Å². The molecular formula is C10H18N4. The SMILES string of the molecule is CC(C)(C)c1nc2n(n1)C(N)CCC2. The van der Waals surface area contributed by atoms with Crippen LogP contribution in [0, 0.1) is 0 Å². The average Bonchev–Trinajstić information content (AvgIpc) is 2.48. The average molecular weight is 194 g/mol. The molecule has 1 aromatic rings. The van der Waals surface area contributed by atoms with Gasteiger partial charge in [-0.25, -0.2) is 9.67 Å². The molecule has 0 amide bonds. The molecule has 1 aliphatic heterocycles. The van der Waals surface area contributed by atoms with E-state index in [-0.39, 0.29) is 11.6 Å². The molecule has 78 valence electrons. The van der Waals surface area contributed by atoms with E-state index in [1.54, 1.807) is 0 Å². The monoisotopic (exact) mass is 194 g/mol. The molecule has 0 saturated carbocycles. The molecule has 2 heterocycles. The minimum Gasteiger partial charge on any atom is -0.310 e. The van der Waals surface area contributed by atoms with E-state index in [0.717, 1.165) is 30.9 Å². The van der Waals surface area contributed by atoms with Crippen molar-refractivity contribution in [1.82, 2.24) is 14.8 Å². The number of rotatable bonds is 0. The Labute approximate surface area is 84.5 Å². The number of nitrogens with zero attached hydrogens (tertiary/aromatic N) is 3. The Kier molecular flexibility index (Phi) is 2.10. The molecule has 14 heavy (non-hydrogen) atoms. The lowest BCUT2D eigenvalue weighted by atomic mass is 9.96. The maximum absolute atomic E-state index is 5.96. The Balaban J connectivity index is 2.40. The predicted octanol–water partition coefficient (Wildman–Crippen LogP) is 1.37. The topological polar surface area (TPSA) is 56.7 Å². The van der Waals surface area contributed by atoms with E-state index in [0.29, 0.717) is 0 Å². The van der Waals surface area contributed by atoms with Crippen LogP contribution in [0.2, 0.25) is 0 Å². The molecule has 2 N–H and O–H groups in total. The zero-order valence-electron chi connectivity index (χ0n) is 9.12. The summed E-state index contributed by atoms with van der Waals surface area (Å²) in [7, 11) is 0. The van der Waals surface area contributed by atoms with E-state index < -0.39 is 0 Å². The Morgan fingerprint density at radius 2 is 2.14 bits per heavy atom. The Morgan fingerprint density at radius 3 is 2.71 bits per heavy atom. The summed E-state index contributed by atoms with van der Waals surface area (Å²) in [6, 6.07) is 0. The molecule has 0 fully saturated rings. The number of hydrogen-bond acceptors (Lipinski definition) is 3. The minimum absolute atomic E-state index is 0.0179. The third kappa shape index (κ3) is 1.54. The zero-order chi connectivity index (χ0) is 10.3. The van der Waals surface area contributed by atoms with Gasteiger partial charge in [0.1, 0.15) is 12.0 Å². The first-order valence-corrected chi connectivity index (χ1v) is 5.20. The van der Waals surface area contributed by atoms with Gasteiger partial charge < -0.3 is 5.73 Å². The smallest absolute Gasteiger partial charge is 0.156 e. The van der Waals surface area contributed by atoms with Crippen LogP contribution in [0.1, 0.15) is 51.4 Å². The van der Waals surface area contributed by atoms with Gasteiger partial charge >= 0.3 is 0 Å². The Bertz CT molecular complexity index is 334. The van der Waals surface area contributed by atoms with Gasteiger partial charge in [-0.15, -0.1) is 0 Å². The summed E-state index contributed by atoms with van der Waals surface area (Å²) < 4.78 is 1.89. The van der Waals surface area contributed by atoms with Crippen molar-refractivity contribution in [1.29, 1.82) is 0 Å². The predicted molar refractivity (Wildman–Crippen MR) is 54.9 cm³/mol. The van der Waals surface area contributed by atoms with E-state index in [2.05, 4.69) is 30.9 Å². The second-order valence-corrected chi connectivity index (χ2v) is 5.01. The summed E-state index contributed by atoms with van der Waals surface area (Å²) in [5.74, 6) is 1.96. The van der Waals surface area contributed by atoms with E-state index in [4.69, 9.17) is 5.73 Å². The zero-order valence-corrected chi connectivity index (χ0v) is 9.12. The van der Waals surface area contributed by atoms with Crippen LogP contribution in [0.3, 0.4) is 0 Å². The first kappa shape index (κ1) is 9.65. The quantitative estimate of drug-likeness (QED) is 0.678. The highest BCUT2D eigenvalue weighted by molar-refractivity contribution is 5.05. The van der Waals surface area contributed by atoms with Crippen molar-refractivity contribution in [2.75, 3.05) is 0 Å². The summed E-state index contributed by atoms with van der Waals surface area (Å²) in [4.78, 5) is 4.54. The molecule has 4 heteroatoms.